The summed E-state index contributed by atoms with van der Waals surface area (Å²) in [5.74, 6) is 0. The minimum absolute atomic E-state index is 0.538. The Morgan fingerprint density at radius 1 is 1.42 bits per heavy atom. The molecule has 12 heavy (non-hydrogen) atoms. The molecule has 2 aromatic rings. The number of aromatic nitrogens is 1. The van der Waals surface area contributed by atoms with E-state index in [-0.39, 0.29) is 0 Å². The van der Waals surface area contributed by atoms with Gasteiger partial charge in [0.15, 0.2) is 11.3 Å². The van der Waals surface area contributed by atoms with Gasteiger partial charge < -0.3 is 0 Å². The van der Waals surface area contributed by atoms with Crippen molar-refractivity contribution in [2.24, 2.45) is 0 Å². The normalized spacial score (nSPS) is 10.0. The van der Waals surface area contributed by atoms with Gasteiger partial charge in [-0.3, -0.25) is 4.79 Å². The number of thiophene rings is 1. The van der Waals surface area contributed by atoms with E-state index in [1.807, 2.05) is 22.2 Å². The largest absolute Gasteiger partial charge is 0.295 e. The zero-order valence-electron chi connectivity index (χ0n) is 6.06. The van der Waals surface area contributed by atoms with Crippen LogP contribution in [-0.2, 0) is 0 Å². The SMILES string of the molecule is O=Cc1nc(-c2ccsc2)cs1. The molecule has 0 bridgehead atoms. The second kappa shape index (κ2) is 3.16. The highest BCUT2D eigenvalue weighted by atomic mass is 32.1. The van der Waals surface area contributed by atoms with Crippen LogP contribution in [0.4, 0.5) is 0 Å². The van der Waals surface area contributed by atoms with Gasteiger partial charge in [0, 0.05) is 16.3 Å². The maximum atomic E-state index is 10.3. The van der Waals surface area contributed by atoms with Crippen molar-refractivity contribution in [3.05, 3.63) is 27.2 Å². The predicted molar refractivity (Wildman–Crippen MR) is 50.8 cm³/mol. The fourth-order valence-corrected chi connectivity index (χ4v) is 2.16. The monoisotopic (exact) mass is 195 g/mol. The first-order chi connectivity index (χ1) is 5.90. The molecule has 0 unspecified atom stereocenters. The highest BCUT2D eigenvalue weighted by Gasteiger charge is 2.02. The number of nitrogens with zero attached hydrogens (tertiary/aromatic N) is 1. The van der Waals surface area contributed by atoms with Crippen molar-refractivity contribution in [3.63, 3.8) is 0 Å². The third-order valence-corrected chi connectivity index (χ3v) is 2.89. The number of carbonyl (C=O) groups is 1. The van der Waals surface area contributed by atoms with E-state index >= 15 is 0 Å². The summed E-state index contributed by atoms with van der Waals surface area (Å²) in [6.45, 7) is 0. The van der Waals surface area contributed by atoms with Crippen molar-refractivity contribution in [2.45, 2.75) is 0 Å². The number of aldehydes is 1. The van der Waals surface area contributed by atoms with E-state index in [4.69, 9.17) is 0 Å². The van der Waals surface area contributed by atoms with Crippen LogP contribution in [0.25, 0.3) is 11.3 Å². The first kappa shape index (κ1) is 7.64. The number of carbonyl (C=O) groups excluding carboxylic acids is 1. The molecule has 2 rings (SSSR count). The van der Waals surface area contributed by atoms with Crippen molar-refractivity contribution in [1.82, 2.24) is 4.98 Å². The van der Waals surface area contributed by atoms with Crippen LogP contribution >= 0.6 is 22.7 Å². The number of hydrogen-bond donors (Lipinski definition) is 0. The lowest BCUT2D eigenvalue weighted by Gasteiger charge is -1.85. The van der Waals surface area contributed by atoms with Gasteiger partial charge in [0.05, 0.1) is 5.69 Å². The highest BCUT2D eigenvalue weighted by molar-refractivity contribution is 7.11. The quantitative estimate of drug-likeness (QED) is 0.689. The molecule has 0 spiro atoms. The van der Waals surface area contributed by atoms with Crippen LogP contribution in [0, 0.1) is 0 Å². The molecule has 2 heterocycles. The van der Waals surface area contributed by atoms with Crippen LogP contribution in [0.2, 0.25) is 0 Å². The number of thiazole rings is 1. The van der Waals surface area contributed by atoms with Crippen LogP contribution in [-0.4, -0.2) is 11.3 Å². The Kier molecular flexibility index (Phi) is 2.01. The lowest BCUT2D eigenvalue weighted by atomic mass is 10.3. The first-order valence-electron chi connectivity index (χ1n) is 3.33. The number of rotatable bonds is 2. The summed E-state index contributed by atoms with van der Waals surface area (Å²) in [5.41, 5.74) is 1.98. The molecule has 0 saturated carbocycles. The summed E-state index contributed by atoms with van der Waals surface area (Å²) >= 11 is 3.00. The molecule has 0 atom stereocenters. The molecular weight excluding hydrogens is 190 g/mol. The van der Waals surface area contributed by atoms with Gasteiger partial charge in [-0.15, -0.1) is 11.3 Å². The fraction of sp³-hybridized carbons (Fsp3) is 0. The molecule has 0 aliphatic heterocycles. The molecule has 0 fully saturated rings. The van der Waals surface area contributed by atoms with Gasteiger partial charge >= 0.3 is 0 Å². The molecule has 0 amide bonds. The van der Waals surface area contributed by atoms with Crippen LogP contribution in [0.5, 0.6) is 0 Å². The Balaban J connectivity index is 2.41. The Morgan fingerprint density at radius 3 is 2.92 bits per heavy atom. The van der Waals surface area contributed by atoms with Gasteiger partial charge in [0.25, 0.3) is 0 Å². The Labute approximate surface area is 77.5 Å². The van der Waals surface area contributed by atoms with Crippen molar-refractivity contribution < 1.29 is 4.79 Å². The lowest BCUT2D eigenvalue weighted by Crippen LogP contribution is -1.76. The lowest BCUT2D eigenvalue weighted by molar-refractivity contribution is 0.112. The van der Waals surface area contributed by atoms with E-state index in [0.717, 1.165) is 17.5 Å². The van der Waals surface area contributed by atoms with E-state index in [1.54, 1.807) is 11.3 Å². The summed E-state index contributed by atoms with van der Waals surface area (Å²) in [5, 5.41) is 6.45. The summed E-state index contributed by atoms with van der Waals surface area (Å²) in [7, 11) is 0. The van der Waals surface area contributed by atoms with Gasteiger partial charge in [-0.05, 0) is 11.4 Å². The van der Waals surface area contributed by atoms with Crippen LogP contribution in [0.3, 0.4) is 0 Å². The maximum Gasteiger partial charge on any atom is 0.178 e. The maximum absolute atomic E-state index is 10.3. The average Bonchev–Trinajstić information content (AvgIpc) is 2.75. The molecular formula is C8H5NOS2. The van der Waals surface area contributed by atoms with Gasteiger partial charge in [-0.25, -0.2) is 4.98 Å². The van der Waals surface area contributed by atoms with Gasteiger partial charge in [-0.1, -0.05) is 0 Å². The molecule has 0 N–H and O–H groups in total. The summed E-state index contributed by atoms with van der Waals surface area (Å²) in [6, 6.07) is 1.99. The van der Waals surface area contributed by atoms with E-state index in [2.05, 4.69) is 4.98 Å². The average molecular weight is 195 g/mol. The van der Waals surface area contributed by atoms with Crippen molar-refractivity contribution >= 4 is 29.0 Å². The van der Waals surface area contributed by atoms with Crippen LogP contribution < -0.4 is 0 Å². The molecule has 60 valence electrons. The standard InChI is InChI=1S/C8H5NOS2/c10-3-8-9-7(5-12-8)6-1-2-11-4-6/h1-5H. The van der Waals surface area contributed by atoms with Crippen LogP contribution in [0.15, 0.2) is 22.2 Å². The Morgan fingerprint density at radius 2 is 2.33 bits per heavy atom. The summed E-state index contributed by atoms with van der Waals surface area (Å²) in [4.78, 5) is 14.5. The molecule has 0 aromatic carbocycles. The molecule has 2 nitrogen and oxygen atoms in total. The van der Waals surface area contributed by atoms with E-state index in [0.29, 0.717) is 5.01 Å². The second-order valence-electron chi connectivity index (χ2n) is 2.20. The molecule has 0 saturated heterocycles. The third kappa shape index (κ3) is 1.31. The Bertz CT molecular complexity index is 377. The van der Waals surface area contributed by atoms with Gasteiger partial charge in [-0.2, -0.15) is 11.3 Å². The van der Waals surface area contributed by atoms with Crippen molar-refractivity contribution in [3.8, 4) is 11.3 Å². The molecule has 4 heteroatoms. The van der Waals surface area contributed by atoms with E-state index in [1.165, 1.54) is 11.3 Å². The summed E-state index contributed by atoms with van der Waals surface area (Å²) in [6.07, 6.45) is 0.778. The molecule has 2 aromatic heterocycles. The third-order valence-electron chi connectivity index (χ3n) is 1.44. The van der Waals surface area contributed by atoms with E-state index in [9.17, 15) is 4.79 Å². The fourth-order valence-electron chi connectivity index (χ4n) is 0.885. The van der Waals surface area contributed by atoms with E-state index < -0.39 is 0 Å². The molecule has 0 aliphatic carbocycles. The highest BCUT2D eigenvalue weighted by Crippen LogP contribution is 2.22. The van der Waals surface area contributed by atoms with Crippen LogP contribution in [0.1, 0.15) is 9.80 Å². The number of hydrogen-bond acceptors (Lipinski definition) is 4. The molecule has 0 radical (unpaired) electrons. The first-order valence-corrected chi connectivity index (χ1v) is 5.15. The van der Waals surface area contributed by atoms with Crippen molar-refractivity contribution in [2.75, 3.05) is 0 Å². The second-order valence-corrected chi connectivity index (χ2v) is 3.87. The van der Waals surface area contributed by atoms with Gasteiger partial charge in [0.2, 0.25) is 0 Å². The zero-order chi connectivity index (χ0) is 8.39. The molecule has 0 aliphatic rings. The predicted octanol–water partition coefficient (Wildman–Crippen LogP) is 2.68. The van der Waals surface area contributed by atoms with Crippen molar-refractivity contribution in [1.29, 1.82) is 0 Å². The minimum atomic E-state index is 0.538. The minimum Gasteiger partial charge on any atom is -0.295 e. The summed E-state index contributed by atoms with van der Waals surface area (Å²) < 4.78 is 0. The van der Waals surface area contributed by atoms with Gasteiger partial charge in [0.1, 0.15) is 0 Å². The smallest absolute Gasteiger partial charge is 0.178 e. The topological polar surface area (TPSA) is 30.0 Å². The zero-order valence-corrected chi connectivity index (χ0v) is 7.69. The Hall–Kier alpha value is -1.00.